The quantitative estimate of drug-likeness (QED) is 0.501. The molecule has 0 spiro atoms. The third kappa shape index (κ3) is 3.85. The van der Waals surface area contributed by atoms with Crippen LogP contribution in [-0.2, 0) is 0 Å². The second-order valence-electron chi connectivity index (χ2n) is 5.98. The molecule has 1 aliphatic heterocycles. The van der Waals surface area contributed by atoms with Gasteiger partial charge >= 0.3 is 0 Å². The lowest BCUT2D eigenvalue weighted by molar-refractivity contribution is -0.383. The predicted molar refractivity (Wildman–Crippen MR) is 94.3 cm³/mol. The zero-order valence-electron chi connectivity index (χ0n) is 13.6. The van der Waals surface area contributed by atoms with E-state index < -0.39 is 4.92 Å². The van der Waals surface area contributed by atoms with Gasteiger partial charge in [-0.05, 0) is 37.1 Å². The van der Waals surface area contributed by atoms with Crippen molar-refractivity contribution in [2.24, 2.45) is 0 Å². The number of nitro groups is 1. The molecule has 2 aromatic rings. The van der Waals surface area contributed by atoms with Crippen molar-refractivity contribution >= 4 is 23.0 Å². The number of nitro benzene ring substituents is 1. The van der Waals surface area contributed by atoms with Crippen molar-refractivity contribution in [2.45, 2.75) is 18.9 Å². The van der Waals surface area contributed by atoms with Gasteiger partial charge in [-0.25, -0.2) is 0 Å². The van der Waals surface area contributed by atoms with E-state index in [1.54, 1.807) is 17.3 Å². The number of hydrogen-bond donors (Lipinski definition) is 2. The summed E-state index contributed by atoms with van der Waals surface area (Å²) < 4.78 is 0. The van der Waals surface area contributed by atoms with Gasteiger partial charge in [-0.2, -0.15) is 0 Å². The number of carbonyl (C=O) groups excluding carboxylic acids is 1. The smallest absolute Gasteiger partial charge is 0.292 e. The fourth-order valence-corrected chi connectivity index (χ4v) is 2.93. The summed E-state index contributed by atoms with van der Waals surface area (Å²) in [4.78, 5) is 28.8. The maximum absolute atomic E-state index is 12.6. The standard InChI is InChI=1S/C17H19N5O3/c18-15-4-3-12(10-16(15)22(24)25)17(23)21-8-5-13(6-9-21)20-14-2-1-7-19-11-14/h1-4,7,10-11,13,20H,5-6,8-9,18H2. The van der Waals surface area contributed by atoms with Crippen molar-refractivity contribution in [3.8, 4) is 0 Å². The van der Waals surface area contributed by atoms with Crippen molar-refractivity contribution in [2.75, 3.05) is 24.1 Å². The number of hydrogen-bond acceptors (Lipinski definition) is 6. The summed E-state index contributed by atoms with van der Waals surface area (Å²) >= 11 is 0. The number of rotatable bonds is 4. The largest absolute Gasteiger partial charge is 0.393 e. The molecule has 1 amide bonds. The van der Waals surface area contributed by atoms with E-state index in [4.69, 9.17) is 5.73 Å². The number of aromatic nitrogens is 1. The molecular formula is C17H19N5O3. The Bertz CT molecular complexity index is 773. The number of amides is 1. The average molecular weight is 341 g/mol. The molecule has 1 aliphatic rings. The van der Waals surface area contributed by atoms with Crippen LogP contribution in [-0.4, -0.2) is 39.8 Å². The summed E-state index contributed by atoms with van der Waals surface area (Å²) in [5.74, 6) is -0.206. The van der Waals surface area contributed by atoms with Crippen LogP contribution in [0.25, 0.3) is 0 Å². The number of nitrogens with one attached hydrogen (secondary N) is 1. The highest BCUT2D eigenvalue weighted by atomic mass is 16.6. The third-order valence-electron chi connectivity index (χ3n) is 4.29. The summed E-state index contributed by atoms with van der Waals surface area (Å²) in [6.45, 7) is 1.18. The second kappa shape index (κ2) is 7.16. The Morgan fingerprint density at radius 1 is 1.32 bits per heavy atom. The fourth-order valence-electron chi connectivity index (χ4n) is 2.93. The summed E-state index contributed by atoms with van der Waals surface area (Å²) in [7, 11) is 0. The molecule has 2 heterocycles. The van der Waals surface area contributed by atoms with Crippen LogP contribution in [0.1, 0.15) is 23.2 Å². The van der Waals surface area contributed by atoms with Gasteiger partial charge in [0, 0.05) is 43.2 Å². The zero-order chi connectivity index (χ0) is 17.8. The van der Waals surface area contributed by atoms with Crippen molar-refractivity contribution < 1.29 is 9.72 Å². The SMILES string of the molecule is Nc1ccc(C(=O)N2CCC(Nc3cccnc3)CC2)cc1[N+](=O)[O-]. The number of nitrogens with two attached hydrogens (primary N) is 1. The van der Waals surface area contributed by atoms with Crippen LogP contribution < -0.4 is 11.1 Å². The first-order valence-electron chi connectivity index (χ1n) is 8.04. The second-order valence-corrected chi connectivity index (χ2v) is 5.98. The Morgan fingerprint density at radius 2 is 2.08 bits per heavy atom. The minimum Gasteiger partial charge on any atom is -0.393 e. The first-order valence-corrected chi connectivity index (χ1v) is 8.04. The number of nitrogen functional groups attached to an aromatic ring is 1. The highest BCUT2D eigenvalue weighted by molar-refractivity contribution is 5.95. The van der Waals surface area contributed by atoms with Gasteiger partial charge in [0.1, 0.15) is 5.69 Å². The first-order chi connectivity index (χ1) is 12.0. The number of pyridine rings is 1. The number of benzene rings is 1. The van der Waals surface area contributed by atoms with Gasteiger partial charge in [0.2, 0.25) is 0 Å². The molecule has 0 radical (unpaired) electrons. The lowest BCUT2D eigenvalue weighted by Gasteiger charge is -2.33. The number of piperidine rings is 1. The van der Waals surface area contributed by atoms with E-state index in [2.05, 4.69) is 10.3 Å². The summed E-state index contributed by atoms with van der Waals surface area (Å²) in [6.07, 6.45) is 5.10. The van der Waals surface area contributed by atoms with Gasteiger partial charge in [-0.3, -0.25) is 19.9 Å². The normalized spacial score (nSPS) is 15.0. The highest BCUT2D eigenvalue weighted by Gasteiger charge is 2.25. The molecule has 0 aliphatic carbocycles. The van der Waals surface area contributed by atoms with Crippen molar-refractivity contribution in [3.05, 3.63) is 58.4 Å². The zero-order valence-corrected chi connectivity index (χ0v) is 13.6. The molecule has 1 fully saturated rings. The Morgan fingerprint density at radius 3 is 2.72 bits per heavy atom. The topological polar surface area (TPSA) is 114 Å². The van der Waals surface area contributed by atoms with Gasteiger partial charge in [0.05, 0.1) is 10.6 Å². The Labute approximate surface area is 144 Å². The molecule has 8 nitrogen and oxygen atoms in total. The van der Waals surface area contributed by atoms with Crippen molar-refractivity contribution in [1.29, 1.82) is 0 Å². The van der Waals surface area contributed by atoms with E-state index in [1.807, 2.05) is 12.1 Å². The summed E-state index contributed by atoms with van der Waals surface area (Å²) in [5.41, 5.74) is 6.65. The molecule has 0 atom stereocenters. The van der Waals surface area contributed by atoms with E-state index in [0.29, 0.717) is 18.7 Å². The predicted octanol–water partition coefficient (Wildman–Crippen LogP) is 2.29. The summed E-state index contributed by atoms with van der Waals surface area (Å²) in [6, 6.07) is 8.28. The Hall–Kier alpha value is -3.16. The van der Waals surface area contributed by atoms with Crippen molar-refractivity contribution in [3.63, 3.8) is 0 Å². The average Bonchev–Trinajstić information content (AvgIpc) is 2.63. The molecule has 3 N–H and O–H groups in total. The van der Waals surface area contributed by atoms with Gasteiger partial charge in [0.15, 0.2) is 0 Å². The molecule has 0 unspecified atom stereocenters. The van der Waals surface area contributed by atoms with Crippen LogP contribution in [0, 0.1) is 10.1 Å². The van der Waals surface area contributed by atoms with Gasteiger partial charge in [-0.15, -0.1) is 0 Å². The number of nitrogens with zero attached hydrogens (tertiary/aromatic N) is 3. The molecule has 25 heavy (non-hydrogen) atoms. The highest BCUT2D eigenvalue weighted by Crippen LogP contribution is 2.24. The number of likely N-dealkylation sites (tertiary alicyclic amines) is 1. The van der Waals surface area contributed by atoms with Crippen LogP contribution in [0.2, 0.25) is 0 Å². The minimum atomic E-state index is -0.573. The maximum Gasteiger partial charge on any atom is 0.292 e. The summed E-state index contributed by atoms with van der Waals surface area (Å²) in [5, 5.41) is 14.4. The van der Waals surface area contributed by atoms with Crippen LogP contribution in [0.3, 0.4) is 0 Å². The van der Waals surface area contributed by atoms with Crippen LogP contribution in [0.5, 0.6) is 0 Å². The lowest BCUT2D eigenvalue weighted by atomic mass is 10.0. The van der Waals surface area contributed by atoms with Gasteiger partial charge < -0.3 is 16.0 Å². The Balaban J connectivity index is 1.62. The molecule has 0 saturated carbocycles. The maximum atomic E-state index is 12.6. The molecular weight excluding hydrogens is 322 g/mol. The molecule has 1 aromatic heterocycles. The van der Waals surface area contributed by atoms with Crippen LogP contribution in [0.15, 0.2) is 42.7 Å². The Kier molecular flexibility index (Phi) is 4.78. The minimum absolute atomic E-state index is 0.0564. The molecule has 3 rings (SSSR count). The lowest BCUT2D eigenvalue weighted by Crippen LogP contribution is -2.42. The fraction of sp³-hybridized carbons (Fsp3) is 0.294. The monoisotopic (exact) mass is 341 g/mol. The molecule has 1 saturated heterocycles. The number of carbonyl (C=O) groups is 1. The molecule has 130 valence electrons. The molecule has 8 heteroatoms. The van der Waals surface area contributed by atoms with E-state index in [9.17, 15) is 14.9 Å². The number of anilines is 2. The molecule has 0 bridgehead atoms. The van der Waals surface area contributed by atoms with E-state index >= 15 is 0 Å². The van der Waals surface area contributed by atoms with E-state index in [1.165, 1.54) is 18.2 Å². The van der Waals surface area contributed by atoms with E-state index in [-0.39, 0.29) is 23.3 Å². The molecule has 1 aromatic carbocycles. The first kappa shape index (κ1) is 16.7. The van der Waals surface area contributed by atoms with Crippen LogP contribution >= 0.6 is 0 Å². The van der Waals surface area contributed by atoms with E-state index in [0.717, 1.165) is 18.5 Å². The third-order valence-corrected chi connectivity index (χ3v) is 4.29. The van der Waals surface area contributed by atoms with Crippen molar-refractivity contribution in [1.82, 2.24) is 9.88 Å². The van der Waals surface area contributed by atoms with Crippen LogP contribution in [0.4, 0.5) is 17.1 Å². The van der Waals surface area contributed by atoms with Gasteiger partial charge in [-0.1, -0.05) is 0 Å². The van der Waals surface area contributed by atoms with Gasteiger partial charge in [0.25, 0.3) is 11.6 Å².